The van der Waals surface area contributed by atoms with Gasteiger partial charge in [-0.15, -0.1) is 0 Å². The molecule has 0 aliphatic carbocycles. The Balaban J connectivity index is 2.46. The van der Waals surface area contributed by atoms with Crippen LogP contribution in [0.4, 0.5) is 5.82 Å². The third-order valence-corrected chi connectivity index (χ3v) is 2.66. The van der Waals surface area contributed by atoms with E-state index >= 15 is 0 Å². The van der Waals surface area contributed by atoms with Crippen molar-refractivity contribution in [2.45, 2.75) is 0 Å². The number of nitrogens with one attached hydrogen (secondary N) is 1. The molecule has 0 radical (unpaired) electrons. The van der Waals surface area contributed by atoms with E-state index in [1.807, 2.05) is 6.07 Å². The molecule has 0 saturated heterocycles. The molecule has 0 bridgehead atoms. The highest BCUT2D eigenvalue weighted by Gasteiger charge is 2.04. The third-order valence-electron chi connectivity index (χ3n) is 1.93. The Bertz CT molecular complexity index is 577. The van der Waals surface area contributed by atoms with Crippen LogP contribution in [0.5, 0.6) is 0 Å². The average Bonchev–Trinajstić information content (AvgIpc) is 2.28. The molecule has 1 aromatic heterocycles. The molecule has 2 rings (SSSR count). The van der Waals surface area contributed by atoms with Crippen LogP contribution in [-0.2, 0) is 0 Å². The van der Waals surface area contributed by atoms with Crippen LogP contribution >= 0.6 is 23.2 Å². The molecule has 0 atom stereocenters. The zero-order chi connectivity index (χ0) is 11.5. The lowest BCUT2D eigenvalue weighted by Crippen LogP contribution is -2.01. The van der Waals surface area contributed by atoms with Crippen molar-refractivity contribution in [3.8, 4) is 6.07 Å². The molecule has 2 aromatic rings. The fourth-order valence-electron chi connectivity index (χ4n) is 1.22. The van der Waals surface area contributed by atoms with Gasteiger partial charge in [-0.3, -0.25) is 4.98 Å². The molecule has 4 nitrogen and oxygen atoms in total. The Morgan fingerprint density at radius 2 is 1.94 bits per heavy atom. The van der Waals surface area contributed by atoms with Gasteiger partial charge in [-0.05, 0) is 12.1 Å². The number of rotatable bonds is 2. The smallest absolute Gasteiger partial charge is 0.146 e. The zero-order valence-electron chi connectivity index (χ0n) is 8.04. The van der Waals surface area contributed by atoms with Gasteiger partial charge in [0.15, 0.2) is 0 Å². The van der Waals surface area contributed by atoms with E-state index in [0.717, 1.165) is 0 Å². The molecule has 6 heteroatoms. The first-order chi connectivity index (χ1) is 7.70. The molecular weight excluding hydrogens is 247 g/mol. The molecule has 0 saturated carbocycles. The number of hydrogen-bond donors (Lipinski definition) is 1. The van der Waals surface area contributed by atoms with Crippen molar-refractivity contribution in [3.63, 3.8) is 0 Å². The minimum absolute atomic E-state index is 0.182. The number of anilines is 1. The summed E-state index contributed by atoms with van der Waals surface area (Å²) in [5, 5.41) is 12.1. The lowest BCUT2D eigenvalue weighted by molar-refractivity contribution is 1.21. The van der Waals surface area contributed by atoms with E-state index in [-0.39, 0.29) is 6.54 Å². The van der Waals surface area contributed by atoms with E-state index in [1.54, 1.807) is 18.3 Å². The minimum Gasteiger partial charge on any atom is -0.356 e. The predicted molar refractivity (Wildman–Crippen MR) is 63.7 cm³/mol. The first kappa shape index (κ1) is 10.9. The van der Waals surface area contributed by atoms with Crippen LogP contribution in [0, 0.1) is 11.3 Å². The number of hydrogen-bond acceptors (Lipinski definition) is 4. The normalized spacial score (nSPS) is 10.1. The Morgan fingerprint density at radius 1 is 1.25 bits per heavy atom. The Hall–Kier alpha value is -1.57. The van der Waals surface area contributed by atoms with Gasteiger partial charge >= 0.3 is 0 Å². The van der Waals surface area contributed by atoms with Gasteiger partial charge in [0, 0.05) is 0 Å². The van der Waals surface area contributed by atoms with Gasteiger partial charge in [0.05, 0.1) is 33.3 Å². The van der Waals surface area contributed by atoms with Crippen LogP contribution in [-0.4, -0.2) is 16.5 Å². The summed E-state index contributed by atoms with van der Waals surface area (Å²) in [6.45, 7) is 0.182. The summed E-state index contributed by atoms with van der Waals surface area (Å²) >= 11 is 11.7. The van der Waals surface area contributed by atoms with E-state index in [0.29, 0.717) is 26.9 Å². The molecule has 16 heavy (non-hydrogen) atoms. The highest BCUT2D eigenvalue weighted by molar-refractivity contribution is 6.42. The zero-order valence-corrected chi connectivity index (χ0v) is 9.55. The fraction of sp³-hybridized carbons (Fsp3) is 0.100. The van der Waals surface area contributed by atoms with Gasteiger partial charge in [0.25, 0.3) is 0 Å². The lowest BCUT2D eigenvalue weighted by Gasteiger charge is -2.03. The van der Waals surface area contributed by atoms with Crippen LogP contribution in [0.25, 0.3) is 11.0 Å². The van der Waals surface area contributed by atoms with E-state index in [4.69, 9.17) is 28.5 Å². The van der Waals surface area contributed by atoms with E-state index < -0.39 is 0 Å². The maximum Gasteiger partial charge on any atom is 0.146 e. The molecule has 80 valence electrons. The van der Waals surface area contributed by atoms with Gasteiger partial charge in [0.2, 0.25) is 0 Å². The predicted octanol–water partition coefficient (Wildman–Crippen LogP) is 2.87. The molecule has 1 heterocycles. The lowest BCUT2D eigenvalue weighted by atomic mass is 10.3. The summed E-state index contributed by atoms with van der Waals surface area (Å²) in [5.41, 5.74) is 1.30. The number of nitriles is 1. The number of fused-ring (bicyclic) bond motifs is 1. The van der Waals surface area contributed by atoms with Crippen LogP contribution in [0.1, 0.15) is 0 Å². The Morgan fingerprint density at radius 3 is 2.62 bits per heavy atom. The van der Waals surface area contributed by atoms with E-state index in [2.05, 4.69) is 15.3 Å². The highest BCUT2D eigenvalue weighted by atomic mass is 35.5. The third kappa shape index (κ3) is 2.16. The van der Waals surface area contributed by atoms with Gasteiger partial charge in [-0.2, -0.15) is 5.26 Å². The second kappa shape index (κ2) is 4.52. The van der Waals surface area contributed by atoms with Crippen LogP contribution in [0.15, 0.2) is 18.3 Å². The van der Waals surface area contributed by atoms with Gasteiger partial charge < -0.3 is 5.32 Å². The average molecular weight is 253 g/mol. The summed E-state index contributed by atoms with van der Waals surface area (Å²) in [4.78, 5) is 8.41. The fourth-order valence-corrected chi connectivity index (χ4v) is 1.54. The number of aromatic nitrogens is 2. The van der Waals surface area contributed by atoms with Crippen molar-refractivity contribution in [2.24, 2.45) is 0 Å². The minimum atomic E-state index is 0.182. The van der Waals surface area contributed by atoms with Crippen molar-refractivity contribution in [2.75, 3.05) is 11.9 Å². The van der Waals surface area contributed by atoms with Crippen molar-refractivity contribution in [3.05, 3.63) is 28.4 Å². The standard InChI is InChI=1S/C10H6Cl2N4/c11-6-3-8-9(4-7(6)12)16-10(5-15-8)14-2-1-13/h3-5H,2H2,(H,14,16). The summed E-state index contributed by atoms with van der Waals surface area (Å²) in [6, 6.07) is 5.25. The molecule has 0 fully saturated rings. The van der Waals surface area contributed by atoms with Crippen molar-refractivity contribution in [1.29, 1.82) is 5.26 Å². The molecule has 1 N–H and O–H groups in total. The van der Waals surface area contributed by atoms with E-state index in [9.17, 15) is 0 Å². The first-order valence-corrected chi connectivity index (χ1v) is 5.19. The quantitative estimate of drug-likeness (QED) is 0.836. The molecule has 0 amide bonds. The highest BCUT2D eigenvalue weighted by Crippen LogP contribution is 2.26. The van der Waals surface area contributed by atoms with Gasteiger partial charge in [-0.1, -0.05) is 23.2 Å². The van der Waals surface area contributed by atoms with Crippen molar-refractivity contribution >= 4 is 40.1 Å². The molecule has 0 spiro atoms. The maximum atomic E-state index is 8.42. The van der Waals surface area contributed by atoms with Crippen LogP contribution < -0.4 is 5.32 Å². The molecule has 1 aromatic carbocycles. The van der Waals surface area contributed by atoms with E-state index in [1.165, 1.54) is 0 Å². The molecule has 0 aliphatic heterocycles. The van der Waals surface area contributed by atoms with Crippen molar-refractivity contribution in [1.82, 2.24) is 9.97 Å². The Labute approximate surface area is 102 Å². The molecule has 0 aliphatic rings. The molecular formula is C10H6Cl2N4. The number of halogens is 2. The summed E-state index contributed by atoms with van der Waals surface area (Å²) in [6.07, 6.45) is 1.55. The van der Waals surface area contributed by atoms with Crippen LogP contribution in [0.2, 0.25) is 10.0 Å². The topological polar surface area (TPSA) is 61.6 Å². The first-order valence-electron chi connectivity index (χ1n) is 4.43. The van der Waals surface area contributed by atoms with Crippen LogP contribution in [0.3, 0.4) is 0 Å². The number of nitrogens with zero attached hydrogens (tertiary/aromatic N) is 3. The van der Waals surface area contributed by atoms with Crippen molar-refractivity contribution < 1.29 is 0 Å². The summed E-state index contributed by atoms with van der Waals surface area (Å²) in [7, 11) is 0. The maximum absolute atomic E-state index is 8.42. The second-order valence-corrected chi connectivity index (χ2v) is 3.84. The Kier molecular flexibility index (Phi) is 3.09. The SMILES string of the molecule is N#CCNc1cnc2cc(Cl)c(Cl)cc2n1. The molecule has 0 unspecified atom stereocenters. The second-order valence-electron chi connectivity index (χ2n) is 3.02. The number of benzene rings is 1. The summed E-state index contributed by atoms with van der Waals surface area (Å²) in [5.74, 6) is 0.535. The van der Waals surface area contributed by atoms with Gasteiger partial charge in [-0.25, -0.2) is 4.98 Å². The largest absolute Gasteiger partial charge is 0.356 e. The monoisotopic (exact) mass is 252 g/mol. The summed E-state index contributed by atoms with van der Waals surface area (Å²) < 4.78 is 0. The van der Waals surface area contributed by atoms with Gasteiger partial charge in [0.1, 0.15) is 12.4 Å².